The Labute approximate surface area is 155 Å². The molecule has 2 aromatic carbocycles. The molecule has 3 aromatic rings. The number of aromatic nitrogens is 2. The van der Waals surface area contributed by atoms with E-state index in [9.17, 15) is 9.18 Å². The van der Waals surface area contributed by atoms with Crippen molar-refractivity contribution >= 4 is 17.5 Å². The molecule has 0 atom stereocenters. The van der Waals surface area contributed by atoms with Crippen LogP contribution in [-0.2, 0) is 6.54 Å². The van der Waals surface area contributed by atoms with Crippen molar-refractivity contribution in [2.75, 3.05) is 10.6 Å². The predicted molar refractivity (Wildman–Crippen MR) is 99.6 cm³/mol. The van der Waals surface area contributed by atoms with Crippen LogP contribution in [0.1, 0.15) is 27.3 Å². The van der Waals surface area contributed by atoms with Gasteiger partial charge in [-0.25, -0.2) is 14.4 Å². The lowest BCUT2D eigenvalue weighted by Crippen LogP contribution is -2.16. The van der Waals surface area contributed by atoms with Crippen LogP contribution in [-0.4, -0.2) is 15.9 Å². The van der Waals surface area contributed by atoms with E-state index in [0.29, 0.717) is 29.4 Å². The Morgan fingerprint density at radius 2 is 1.93 bits per heavy atom. The first-order valence-corrected chi connectivity index (χ1v) is 8.19. The van der Waals surface area contributed by atoms with Crippen LogP contribution in [0.2, 0.25) is 0 Å². The smallest absolute Gasteiger partial charge is 0.274 e. The van der Waals surface area contributed by atoms with Gasteiger partial charge >= 0.3 is 0 Å². The second-order valence-corrected chi connectivity index (χ2v) is 5.84. The summed E-state index contributed by atoms with van der Waals surface area (Å²) in [4.78, 5) is 21.0. The molecule has 0 unspecified atom stereocenters. The van der Waals surface area contributed by atoms with Crippen molar-refractivity contribution in [3.63, 3.8) is 0 Å². The van der Waals surface area contributed by atoms with Crippen molar-refractivity contribution in [1.82, 2.24) is 9.97 Å². The van der Waals surface area contributed by atoms with E-state index < -0.39 is 5.91 Å². The summed E-state index contributed by atoms with van der Waals surface area (Å²) >= 11 is 0. The van der Waals surface area contributed by atoms with Gasteiger partial charge in [-0.15, -0.1) is 0 Å². The highest BCUT2D eigenvalue weighted by atomic mass is 19.1. The molecule has 0 saturated heterocycles. The summed E-state index contributed by atoms with van der Waals surface area (Å²) < 4.78 is 13.0. The normalized spacial score (nSPS) is 10.1. The van der Waals surface area contributed by atoms with Gasteiger partial charge in [0.2, 0.25) is 5.95 Å². The third-order valence-electron chi connectivity index (χ3n) is 3.70. The minimum Gasteiger partial charge on any atom is -0.350 e. The SMILES string of the molecule is Cc1cc(C(=O)Nc2cccc(C#N)c2)nc(NCc2ccc(F)cc2)n1. The number of hydrogen-bond acceptors (Lipinski definition) is 5. The molecule has 0 spiro atoms. The maximum atomic E-state index is 13.0. The van der Waals surface area contributed by atoms with E-state index in [1.807, 2.05) is 6.07 Å². The fourth-order valence-corrected chi connectivity index (χ4v) is 2.41. The van der Waals surface area contributed by atoms with Crippen molar-refractivity contribution in [3.8, 4) is 6.07 Å². The van der Waals surface area contributed by atoms with Gasteiger partial charge in [-0.2, -0.15) is 5.26 Å². The van der Waals surface area contributed by atoms with Crippen LogP contribution in [0.25, 0.3) is 0 Å². The molecule has 1 heterocycles. The number of halogens is 1. The first-order chi connectivity index (χ1) is 13.0. The Morgan fingerprint density at radius 3 is 2.67 bits per heavy atom. The predicted octanol–water partition coefficient (Wildman–Crippen LogP) is 3.66. The Balaban J connectivity index is 1.72. The summed E-state index contributed by atoms with van der Waals surface area (Å²) in [6.07, 6.45) is 0. The van der Waals surface area contributed by atoms with Crippen LogP contribution in [0.4, 0.5) is 16.0 Å². The zero-order valence-electron chi connectivity index (χ0n) is 14.5. The van der Waals surface area contributed by atoms with Crippen LogP contribution in [0.15, 0.2) is 54.6 Å². The van der Waals surface area contributed by atoms with Gasteiger partial charge in [-0.3, -0.25) is 4.79 Å². The van der Waals surface area contributed by atoms with Gasteiger partial charge in [0.05, 0.1) is 11.6 Å². The van der Waals surface area contributed by atoms with E-state index in [4.69, 9.17) is 5.26 Å². The van der Waals surface area contributed by atoms with Crippen molar-refractivity contribution in [3.05, 3.63) is 82.9 Å². The Kier molecular flexibility index (Phi) is 5.38. The van der Waals surface area contributed by atoms with E-state index in [1.165, 1.54) is 12.1 Å². The molecule has 3 rings (SSSR count). The molecular weight excluding hydrogens is 345 g/mol. The Bertz CT molecular complexity index is 1010. The summed E-state index contributed by atoms with van der Waals surface area (Å²) in [7, 11) is 0. The summed E-state index contributed by atoms with van der Waals surface area (Å²) in [5.41, 5.74) is 2.65. The number of carbonyl (C=O) groups excluding carboxylic acids is 1. The summed E-state index contributed by atoms with van der Waals surface area (Å²) in [5.74, 6) is -0.402. The Hall–Kier alpha value is -3.79. The molecule has 0 radical (unpaired) electrons. The topological polar surface area (TPSA) is 90.7 Å². The van der Waals surface area contributed by atoms with E-state index in [2.05, 4.69) is 20.6 Å². The summed E-state index contributed by atoms with van der Waals surface area (Å²) in [6.45, 7) is 2.16. The average molecular weight is 361 g/mol. The first kappa shape index (κ1) is 18.0. The molecular formula is C20H16FN5O. The molecule has 1 amide bonds. The molecule has 0 fully saturated rings. The number of nitrogens with one attached hydrogen (secondary N) is 2. The molecule has 6 nitrogen and oxygen atoms in total. The lowest BCUT2D eigenvalue weighted by Gasteiger charge is -2.09. The van der Waals surface area contributed by atoms with Crippen molar-refractivity contribution in [2.45, 2.75) is 13.5 Å². The van der Waals surface area contributed by atoms with Crippen molar-refractivity contribution < 1.29 is 9.18 Å². The molecule has 134 valence electrons. The fraction of sp³-hybridized carbons (Fsp3) is 0.100. The highest BCUT2D eigenvalue weighted by molar-refractivity contribution is 6.03. The molecule has 7 heteroatoms. The third kappa shape index (κ3) is 4.86. The maximum absolute atomic E-state index is 13.0. The highest BCUT2D eigenvalue weighted by Crippen LogP contribution is 2.13. The van der Waals surface area contributed by atoms with Crippen LogP contribution < -0.4 is 10.6 Å². The number of nitrogens with zero attached hydrogens (tertiary/aromatic N) is 3. The number of amides is 1. The number of benzene rings is 2. The summed E-state index contributed by atoms with van der Waals surface area (Å²) in [6, 6.07) is 16.3. The van der Waals surface area contributed by atoms with Crippen molar-refractivity contribution in [2.24, 2.45) is 0 Å². The number of nitriles is 1. The average Bonchev–Trinajstić information content (AvgIpc) is 2.67. The van der Waals surface area contributed by atoms with E-state index in [1.54, 1.807) is 49.4 Å². The second kappa shape index (κ2) is 8.06. The van der Waals surface area contributed by atoms with Crippen LogP contribution in [0, 0.1) is 24.1 Å². The van der Waals surface area contributed by atoms with Crippen molar-refractivity contribution in [1.29, 1.82) is 5.26 Å². The molecule has 0 aliphatic rings. The highest BCUT2D eigenvalue weighted by Gasteiger charge is 2.11. The number of hydrogen-bond donors (Lipinski definition) is 2. The van der Waals surface area contributed by atoms with E-state index in [0.717, 1.165) is 5.56 Å². The monoisotopic (exact) mass is 361 g/mol. The van der Waals surface area contributed by atoms with Gasteiger partial charge in [0.1, 0.15) is 11.5 Å². The second-order valence-electron chi connectivity index (χ2n) is 5.84. The standard InChI is InChI=1S/C20H16FN5O/c1-13-9-18(19(27)25-17-4-2-3-15(10-17)11-22)26-20(24-13)23-12-14-5-7-16(21)8-6-14/h2-10H,12H2,1H3,(H,25,27)(H,23,24,26). The molecule has 2 N–H and O–H groups in total. The zero-order chi connectivity index (χ0) is 19.2. The lowest BCUT2D eigenvalue weighted by molar-refractivity contribution is 0.102. The van der Waals surface area contributed by atoms with E-state index >= 15 is 0 Å². The van der Waals surface area contributed by atoms with Gasteiger partial charge < -0.3 is 10.6 Å². The molecule has 0 bridgehead atoms. The number of carbonyl (C=O) groups is 1. The minimum absolute atomic E-state index is 0.200. The summed E-state index contributed by atoms with van der Waals surface area (Å²) in [5, 5.41) is 14.7. The quantitative estimate of drug-likeness (QED) is 0.724. The molecule has 0 aliphatic heterocycles. The number of anilines is 2. The van der Waals surface area contributed by atoms with Gasteiger partial charge in [0, 0.05) is 17.9 Å². The fourth-order valence-electron chi connectivity index (χ4n) is 2.41. The van der Waals surface area contributed by atoms with E-state index in [-0.39, 0.29) is 11.5 Å². The van der Waals surface area contributed by atoms with Gasteiger partial charge in [0.25, 0.3) is 5.91 Å². The lowest BCUT2D eigenvalue weighted by atomic mass is 10.2. The van der Waals surface area contributed by atoms with Crippen LogP contribution >= 0.6 is 0 Å². The third-order valence-corrected chi connectivity index (χ3v) is 3.70. The number of aryl methyl sites for hydroxylation is 1. The zero-order valence-corrected chi connectivity index (χ0v) is 14.5. The van der Waals surface area contributed by atoms with Gasteiger partial charge in [-0.1, -0.05) is 18.2 Å². The molecule has 0 saturated carbocycles. The van der Waals surface area contributed by atoms with Gasteiger partial charge in [-0.05, 0) is 48.9 Å². The van der Waals surface area contributed by atoms with Crippen LogP contribution in [0.3, 0.4) is 0 Å². The van der Waals surface area contributed by atoms with Crippen LogP contribution in [0.5, 0.6) is 0 Å². The maximum Gasteiger partial charge on any atom is 0.274 e. The minimum atomic E-state index is -0.402. The molecule has 27 heavy (non-hydrogen) atoms. The van der Waals surface area contributed by atoms with Gasteiger partial charge in [0.15, 0.2) is 0 Å². The first-order valence-electron chi connectivity index (χ1n) is 8.19. The number of rotatable bonds is 5. The molecule has 1 aromatic heterocycles. The Morgan fingerprint density at radius 1 is 1.15 bits per heavy atom. The largest absolute Gasteiger partial charge is 0.350 e. The molecule has 0 aliphatic carbocycles.